The summed E-state index contributed by atoms with van der Waals surface area (Å²) in [5, 5.41) is 7.00. The van der Waals surface area contributed by atoms with Crippen LogP contribution in [0.2, 0.25) is 0 Å². The van der Waals surface area contributed by atoms with E-state index in [9.17, 15) is 9.59 Å². The molecule has 0 aliphatic rings. The summed E-state index contributed by atoms with van der Waals surface area (Å²) in [7, 11) is 1.54. The molecule has 0 saturated carbocycles. The summed E-state index contributed by atoms with van der Waals surface area (Å²) in [5.74, 6) is -0.752. The summed E-state index contributed by atoms with van der Waals surface area (Å²) in [6.45, 7) is 0.349. The summed E-state index contributed by atoms with van der Waals surface area (Å²) in [6.07, 6.45) is 0. The molecule has 0 bridgehead atoms. The maximum Gasteiger partial charge on any atom is 0.313 e. The van der Waals surface area contributed by atoms with Crippen molar-refractivity contribution in [2.45, 2.75) is 6.54 Å². The molecule has 0 atom stereocenters. The Balaban J connectivity index is 1.88. The summed E-state index contributed by atoms with van der Waals surface area (Å²) in [4.78, 5) is 24.4. The summed E-state index contributed by atoms with van der Waals surface area (Å²) < 4.78 is 5.04. The standard InChI is InChI=1S/C14H14N2O3S/c1-19-11-5-2-4-10(8-11)16-14(18)13(17)15-9-12-6-3-7-20-12/h2-8H,9H2,1H3,(H,15,17)(H,16,18). The van der Waals surface area contributed by atoms with Crippen LogP contribution in [-0.4, -0.2) is 18.9 Å². The SMILES string of the molecule is COc1cccc(NC(=O)C(=O)NCc2cccs2)c1. The number of benzene rings is 1. The average molecular weight is 290 g/mol. The van der Waals surface area contributed by atoms with Gasteiger partial charge < -0.3 is 15.4 Å². The smallest absolute Gasteiger partial charge is 0.313 e. The van der Waals surface area contributed by atoms with Gasteiger partial charge in [-0.3, -0.25) is 9.59 Å². The minimum absolute atomic E-state index is 0.349. The van der Waals surface area contributed by atoms with Crippen molar-refractivity contribution in [2.24, 2.45) is 0 Å². The van der Waals surface area contributed by atoms with Crippen molar-refractivity contribution < 1.29 is 14.3 Å². The number of rotatable bonds is 4. The van der Waals surface area contributed by atoms with Gasteiger partial charge in [-0.15, -0.1) is 11.3 Å². The highest BCUT2D eigenvalue weighted by molar-refractivity contribution is 7.09. The Morgan fingerprint density at radius 2 is 2.05 bits per heavy atom. The number of nitrogens with one attached hydrogen (secondary N) is 2. The van der Waals surface area contributed by atoms with E-state index in [0.717, 1.165) is 4.88 Å². The van der Waals surface area contributed by atoms with Crippen molar-refractivity contribution in [2.75, 3.05) is 12.4 Å². The zero-order chi connectivity index (χ0) is 14.4. The van der Waals surface area contributed by atoms with Gasteiger partial charge in [0.2, 0.25) is 0 Å². The van der Waals surface area contributed by atoms with E-state index < -0.39 is 11.8 Å². The summed E-state index contributed by atoms with van der Waals surface area (Å²) in [5.41, 5.74) is 0.514. The lowest BCUT2D eigenvalue weighted by Crippen LogP contribution is -2.34. The molecule has 2 amide bonds. The normalized spacial score (nSPS) is 9.85. The van der Waals surface area contributed by atoms with Crippen LogP contribution in [0.15, 0.2) is 41.8 Å². The first-order valence-electron chi connectivity index (χ1n) is 5.94. The van der Waals surface area contributed by atoms with E-state index in [1.165, 1.54) is 18.4 Å². The number of hydrogen-bond donors (Lipinski definition) is 2. The number of methoxy groups -OCH3 is 1. The number of amides is 2. The van der Waals surface area contributed by atoms with Gasteiger partial charge in [0, 0.05) is 16.6 Å². The molecule has 6 heteroatoms. The minimum Gasteiger partial charge on any atom is -0.497 e. The van der Waals surface area contributed by atoms with Crippen molar-refractivity contribution in [1.82, 2.24) is 5.32 Å². The summed E-state index contributed by atoms with van der Waals surface area (Å²) >= 11 is 1.52. The predicted octanol–water partition coefficient (Wildman–Crippen LogP) is 2.01. The predicted molar refractivity (Wildman–Crippen MR) is 77.8 cm³/mol. The van der Waals surface area contributed by atoms with Gasteiger partial charge in [-0.25, -0.2) is 0 Å². The molecule has 0 aliphatic carbocycles. The topological polar surface area (TPSA) is 67.4 Å². The molecule has 0 saturated heterocycles. The quantitative estimate of drug-likeness (QED) is 0.846. The maximum absolute atomic E-state index is 11.7. The van der Waals surface area contributed by atoms with Crippen molar-refractivity contribution in [3.63, 3.8) is 0 Å². The van der Waals surface area contributed by atoms with Crippen molar-refractivity contribution in [3.8, 4) is 5.75 Å². The molecule has 0 fully saturated rings. The zero-order valence-corrected chi connectivity index (χ0v) is 11.7. The van der Waals surface area contributed by atoms with E-state index in [0.29, 0.717) is 18.0 Å². The van der Waals surface area contributed by atoms with Crippen LogP contribution < -0.4 is 15.4 Å². The number of ether oxygens (including phenoxy) is 1. The van der Waals surface area contributed by atoms with Crippen LogP contribution in [0.1, 0.15) is 4.88 Å². The Morgan fingerprint density at radius 1 is 1.20 bits per heavy atom. The maximum atomic E-state index is 11.7. The van der Waals surface area contributed by atoms with Gasteiger partial charge in [0.25, 0.3) is 0 Å². The molecule has 20 heavy (non-hydrogen) atoms. The minimum atomic E-state index is -0.699. The highest BCUT2D eigenvalue weighted by Crippen LogP contribution is 2.16. The fourth-order valence-corrected chi connectivity index (χ4v) is 2.19. The highest BCUT2D eigenvalue weighted by Gasteiger charge is 2.13. The van der Waals surface area contributed by atoms with Gasteiger partial charge in [-0.2, -0.15) is 0 Å². The van der Waals surface area contributed by atoms with Gasteiger partial charge in [-0.1, -0.05) is 12.1 Å². The molecule has 1 heterocycles. The molecule has 1 aromatic heterocycles. The second-order valence-corrected chi connectivity index (χ2v) is 4.98. The number of anilines is 1. The van der Waals surface area contributed by atoms with E-state index in [2.05, 4.69) is 10.6 Å². The third-order valence-electron chi connectivity index (χ3n) is 2.54. The lowest BCUT2D eigenvalue weighted by atomic mass is 10.3. The van der Waals surface area contributed by atoms with E-state index in [-0.39, 0.29) is 0 Å². The van der Waals surface area contributed by atoms with Crippen molar-refractivity contribution in [1.29, 1.82) is 0 Å². The van der Waals surface area contributed by atoms with Crippen LogP contribution in [-0.2, 0) is 16.1 Å². The molecule has 1 aromatic carbocycles. The molecule has 0 aliphatic heterocycles. The second kappa shape index (κ2) is 6.72. The molecule has 0 unspecified atom stereocenters. The molecule has 0 radical (unpaired) electrons. The zero-order valence-electron chi connectivity index (χ0n) is 10.9. The van der Waals surface area contributed by atoms with Crippen LogP contribution in [0.3, 0.4) is 0 Å². The number of hydrogen-bond acceptors (Lipinski definition) is 4. The Kier molecular flexibility index (Phi) is 4.73. The van der Waals surface area contributed by atoms with Gasteiger partial charge in [0.15, 0.2) is 0 Å². The third-order valence-corrected chi connectivity index (χ3v) is 3.41. The van der Waals surface area contributed by atoms with Gasteiger partial charge in [0.1, 0.15) is 5.75 Å². The summed E-state index contributed by atoms with van der Waals surface area (Å²) in [6, 6.07) is 10.6. The average Bonchev–Trinajstić information content (AvgIpc) is 2.98. The van der Waals surface area contributed by atoms with Gasteiger partial charge >= 0.3 is 11.8 Å². The van der Waals surface area contributed by atoms with E-state index >= 15 is 0 Å². The Morgan fingerprint density at radius 3 is 2.75 bits per heavy atom. The van der Waals surface area contributed by atoms with E-state index in [1.807, 2.05) is 17.5 Å². The largest absolute Gasteiger partial charge is 0.497 e. The van der Waals surface area contributed by atoms with Gasteiger partial charge in [0.05, 0.1) is 13.7 Å². The van der Waals surface area contributed by atoms with Crippen LogP contribution in [0, 0.1) is 0 Å². The van der Waals surface area contributed by atoms with Crippen LogP contribution in [0.5, 0.6) is 5.75 Å². The van der Waals surface area contributed by atoms with E-state index in [1.54, 1.807) is 24.3 Å². The Bertz CT molecular complexity index is 596. The Labute approximate surface area is 120 Å². The fourth-order valence-electron chi connectivity index (χ4n) is 1.55. The molecule has 104 valence electrons. The Hall–Kier alpha value is -2.34. The molecule has 2 rings (SSSR count). The third kappa shape index (κ3) is 3.83. The van der Waals surface area contributed by atoms with Crippen LogP contribution in [0.4, 0.5) is 5.69 Å². The number of thiophene rings is 1. The lowest BCUT2D eigenvalue weighted by Gasteiger charge is -2.07. The van der Waals surface area contributed by atoms with Crippen LogP contribution >= 0.6 is 11.3 Å². The van der Waals surface area contributed by atoms with Crippen molar-refractivity contribution in [3.05, 3.63) is 46.7 Å². The first-order valence-corrected chi connectivity index (χ1v) is 6.82. The highest BCUT2D eigenvalue weighted by atomic mass is 32.1. The van der Waals surface area contributed by atoms with Gasteiger partial charge in [-0.05, 0) is 23.6 Å². The lowest BCUT2D eigenvalue weighted by molar-refractivity contribution is -0.136. The molecule has 0 spiro atoms. The molecular formula is C14H14N2O3S. The second-order valence-electron chi connectivity index (χ2n) is 3.95. The molecular weight excluding hydrogens is 276 g/mol. The monoisotopic (exact) mass is 290 g/mol. The van der Waals surface area contributed by atoms with Crippen LogP contribution in [0.25, 0.3) is 0 Å². The van der Waals surface area contributed by atoms with Crippen molar-refractivity contribution >= 4 is 28.8 Å². The first kappa shape index (κ1) is 14.1. The number of carbonyl (C=O) groups is 2. The molecule has 2 aromatic rings. The molecule has 2 N–H and O–H groups in total. The number of carbonyl (C=O) groups excluding carboxylic acids is 2. The van der Waals surface area contributed by atoms with E-state index in [4.69, 9.17) is 4.74 Å². The fraction of sp³-hybridized carbons (Fsp3) is 0.143. The molecule has 5 nitrogen and oxygen atoms in total. The first-order chi connectivity index (χ1) is 9.69.